The van der Waals surface area contributed by atoms with Crippen LogP contribution in [0.25, 0.3) is 0 Å². The van der Waals surface area contributed by atoms with Crippen LogP contribution in [-0.4, -0.2) is 49.2 Å². The van der Waals surface area contributed by atoms with Gasteiger partial charge >= 0.3 is 0 Å². The van der Waals surface area contributed by atoms with Crippen LogP contribution in [-0.2, 0) is 4.79 Å². The standard InChI is InChI=1S/C18H26N2O3.ClH/c1-3-22-16-6-8-17(9-7-16)23-12-18(21)20(2)15-10-13-4-5-14(11-15)19-13;/h6-9,13-15,19H,3-5,10-12H2,1-2H3;1H. The van der Waals surface area contributed by atoms with Crippen molar-refractivity contribution in [3.63, 3.8) is 0 Å². The van der Waals surface area contributed by atoms with Crippen LogP contribution in [0, 0.1) is 0 Å². The smallest absolute Gasteiger partial charge is 0.260 e. The molecule has 2 heterocycles. The van der Waals surface area contributed by atoms with Crippen molar-refractivity contribution in [3.8, 4) is 11.5 Å². The first-order valence-corrected chi connectivity index (χ1v) is 8.53. The highest BCUT2D eigenvalue weighted by atomic mass is 35.5. The number of hydrogen-bond donors (Lipinski definition) is 1. The average Bonchev–Trinajstić information content (AvgIpc) is 2.91. The topological polar surface area (TPSA) is 50.8 Å². The molecule has 0 spiro atoms. The third kappa shape index (κ3) is 4.54. The number of fused-ring (bicyclic) bond motifs is 2. The van der Waals surface area contributed by atoms with E-state index in [1.165, 1.54) is 12.8 Å². The Balaban J connectivity index is 0.00000208. The fraction of sp³-hybridized carbons (Fsp3) is 0.611. The molecular formula is C18H27ClN2O3. The predicted octanol–water partition coefficient (Wildman–Crippen LogP) is 2.63. The summed E-state index contributed by atoms with van der Waals surface area (Å²) in [5, 5.41) is 3.61. The molecule has 0 radical (unpaired) electrons. The maximum Gasteiger partial charge on any atom is 0.260 e. The van der Waals surface area contributed by atoms with Crippen LogP contribution in [0.3, 0.4) is 0 Å². The Bertz CT molecular complexity index is 526. The van der Waals surface area contributed by atoms with Gasteiger partial charge in [0.05, 0.1) is 6.61 Å². The van der Waals surface area contributed by atoms with E-state index < -0.39 is 0 Å². The number of nitrogens with one attached hydrogen (secondary N) is 1. The van der Waals surface area contributed by atoms with Gasteiger partial charge in [0.15, 0.2) is 6.61 Å². The molecule has 2 atom stereocenters. The van der Waals surface area contributed by atoms with Crippen molar-refractivity contribution >= 4 is 18.3 Å². The van der Waals surface area contributed by atoms with Crippen molar-refractivity contribution in [2.24, 2.45) is 0 Å². The zero-order valence-electron chi connectivity index (χ0n) is 14.4. The lowest BCUT2D eigenvalue weighted by atomic mass is 9.98. The number of piperidine rings is 1. The molecular weight excluding hydrogens is 328 g/mol. The molecule has 1 aromatic rings. The highest BCUT2D eigenvalue weighted by Crippen LogP contribution is 2.29. The van der Waals surface area contributed by atoms with Crippen molar-refractivity contribution < 1.29 is 14.3 Å². The average molecular weight is 355 g/mol. The molecule has 2 unspecified atom stereocenters. The number of carbonyl (C=O) groups is 1. The maximum atomic E-state index is 12.4. The van der Waals surface area contributed by atoms with E-state index in [4.69, 9.17) is 9.47 Å². The van der Waals surface area contributed by atoms with Crippen LogP contribution in [0.5, 0.6) is 11.5 Å². The van der Waals surface area contributed by atoms with E-state index in [9.17, 15) is 4.79 Å². The van der Waals surface area contributed by atoms with E-state index in [-0.39, 0.29) is 24.9 Å². The van der Waals surface area contributed by atoms with Gasteiger partial charge in [0.2, 0.25) is 0 Å². The molecule has 0 aliphatic carbocycles. The largest absolute Gasteiger partial charge is 0.494 e. The monoisotopic (exact) mass is 354 g/mol. The van der Waals surface area contributed by atoms with Crippen molar-refractivity contribution in [1.29, 1.82) is 0 Å². The molecule has 1 aromatic carbocycles. The number of rotatable bonds is 6. The summed E-state index contributed by atoms with van der Waals surface area (Å²) in [6, 6.07) is 8.90. The summed E-state index contributed by atoms with van der Waals surface area (Å²) in [5.74, 6) is 1.55. The number of halogens is 1. The summed E-state index contributed by atoms with van der Waals surface area (Å²) in [6.45, 7) is 2.68. The molecule has 6 heteroatoms. The first kappa shape index (κ1) is 18.9. The molecule has 0 aromatic heterocycles. The second-order valence-electron chi connectivity index (χ2n) is 6.46. The Hall–Kier alpha value is -1.46. The Morgan fingerprint density at radius 2 is 1.67 bits per heavy atom. The number of hydrogen-bond acceptors (Lipinski definition) is 4. The summed E-state index contributed by atoms with van der Waals surface area (Å²) in [6.07, 6.45) is 4.60. The lowest BCUT2D eigenvalue weighted by Gasteiger charge is -2.35. The molecule has 2 bridgehead atoms. The molecule has 2 aliphatic heterocycles. The molecule has 1 amide bonds. The van der Waals surface area contributed by atoms with Gasteiger partial charge in [0.1, 0.15) is 11.5 Å². The van der Waals surface area contributed by atoms with Gasteiger partial charge in [-0.25, -0.2) is 0 Å². The highest BCUT2D eigenvalue weighted by molar-refractivity contribution is 5.85. The number of likely N-dealkylation sites (N-methyl/N-ethyl adjacent to an activating group) is 1. The quantitative estimate of drug-likeness (QED) is 0.853. The maximum absolute atomic E-state index is 12.4. The molecule has 0 saturated carbocycles. The summed E-state index contributed by atoms with van der Waals surface area (Å²) in [5.41, 5.74) is 0. The van der Waals surface area contributed by atoms with E-state index in [1.54, 1.807) is 0 Å². The van der Waals surface area contributed by atoms with Gasteiger partial charge in [-0.15, -0.1) is 12.4 Å². The molecule has 2 aliphatic rings. The lowest BCUT2D eigenvalue weighted by molar-refractivity contribution is -0.134. The number of benzene rings is 1. The number of amides is 1. The molecule has 2 saturated heterocycles. The van der Waals surface area contributed by atoms with Crippen LogP contribution in [0.15, 0.2) is 24.3 Å². The van der Waals surface area contributed by atoms with Crippen LogP contribution in [0.4, 0.5) is 0 Å². The van der Waals surface area contributed by atoms with Crippen LogP contribution >= 0.6 is 12.4 Å². The summed E-state index contributed by atoms with van der Waals surface area (Å²) >= 11 is 0. The van der Waals surface area contributed by atoms with Crippen molar-refractivity contribution in [3.05, 3.63) is 24.3 Å². The highest BCUT2D eigenvalue weighted by Gasteiger charge is 2.36. The minimum absolute atomic E-state index is 0. The summed E-state index contributed by atoms with van der Waals surface area (Å²) in [4.78, 5) is 14.3. The first-order chi connectivity index (χ1) is 11.2. The molecule has 2 fully saturated rings. The van der Waals surface area contributed by atoms with Crippen LogP contribution in [0.2, 0.25) is 0 Å². The van der Waals surface area contributed by atoms with Gasteiger partial charge in [-0.2, -0.15) is 0 Å². The van der Waals surface area contributed by atoms with Gasteiger partial charge in [-0.1, -0.05) is 0 Å². The van der Waals surface area contributed by atoms with Crippen LogP contribution in [0.1, 0.15) is 32.6 Å². The summed E-state index contributed by atoms with van der Waals surface area (Å²) in [7, 11) is 1.90. The predicted molar refractivity (Wildman–Crippen MR) is 96.1 cm³/mol. The number of ether oxygens (including phenoxy) is 2. The number of nitrogens with zero attached hydrogens (tertiary/aromatic N) is 1. The second kappa shape index (κ2) is 8.58. The second-order valence-corrected chi connectivity index (χ2v) is 6.46. The molecule has 24 heavy (non-hydrogen) atoms. The van der Waals surface area contributed by atoms with Gasteiger partial charge in [-0.3, -0.25) is 4.79 Å². The van der Waals surface area contributed by atoms with Gasteiger partial charge in [-0.05, 0) is 56.9 Å². The Morgan fingerprint density at radius 1 is 1.12 bits per heavy atom. The van der Waals surface area contributed by atoms with Gasteiger partial charge < -0.3 is 19.7 Å². The van der Waals surface area contributed by atoms with E-state index >= 15 is 0 Å². The molecule has 5 nitrogen and oxygen atoms in total. The van der Waals surface area contributed by atoms with Gasteiger partial charge in [0, 0.05) is 25.2 Å². The fourth-order valence-corrected chi connectivity index (χ4v) is 3.59. The molecule has 3 rings (SSSR count). The minimum atomic E-state index is 0. The molecule has 134 valence electrons. The lowest BCUT2D eigenvalue weighted by Crippen LogP contribution is -2.49. The first-order valence-electron chi connectivity index (χ1n) is 8.53. The van der Waals surface area contributed by atoms with Crippen molar-refractivity contribution in [2.45, 2.75) is 50.7 Å². The fourth-order valence-electron chi connectivity index (χ4n) is 3.59. The van der Waals surface area contributed by atoms with E-state index in [0.29, 0.717) is 30.5 Å². The Morgan fingerprint density at radius 3 is 2.21 bits per heavy atom. The summed E-state index contributed by atoms with van der Waals surface area (Å²) < 4.78 is 11.0. The third-order valence-corrected chi connectivity index (χ3v) is 4.89. The van der Waals surface area contributed by atoms with E-state index in [2.05, 4.69) is 5.32 Å². The minimum Gasteiger partial charge on any atom is -0.494 e. The SMILES string of the molecule is CCOc1ccc(OCC(=O)N(C)C2CC3CCC(C2)N3)cc1.Cl. The van der Waals surface area contributed by atoms with Crippen molar-refractivity contribution in [2.75, 3.05) is 20.3 Å². The zero-order valence-corrected chi connectivity index (χ0v) is 15.2. The molecule has 1 N–H and O–H groups in total. The Labute approximate surface area is 150 Å². The normalized spacial score (nSPS) is 24.8. The van der Waals surface area contributed by atoms with E-state index in [1.807, 2.05) is 43.1 Å². The van der Waals surface area contributed by atoms with Crippen molar-refractivity contribution in [1.82, 2.24) is 10.2 Å². The zero-order chi connectivity index (χ0) is 16.2. The van der Waals surface area contributed by atoms with Crippen LogP contribution < -0.4 is 14.8 Å². The Kier molecular flexibility index (Phi) is 6.75. The third-order valence-electron chi connectivity index (χ3n) is 4.89. The van der Waals surface area contributed by atoms with Gasteiger partial charge in [0.25, 0.3) is 5.91 Å². The number of carbonyl (C=O) groups excluding carboxylic acids is 1. The van der Waals surface area contributed by atoms with E-state index in [0.717, 1.165) is 18.6 Å².